The fraction of sp³-hybridized carbons (Fsp3) is 0.417. The van der Waals surface area contributed by atoms with E-state index < -0.39 is 10.0 Å². The second-order valence-corrected chi connectivity index (χ2v) is 5.80. The summed E-state index contributed by atoms with van der Waals surface area (Å²) < 4.78 is 30.8. The third kappa shape index (κ3) is 4.39. The Morgan fingerprint density at radius 1 is 1.40 bits per heavy atom. The number of esters is 1. The van der Waals surface area contributed by atoms with Crippen molar-refractivity contribution >= 4 is 27.4 Å². The van der Waals surface area contributed by atoms with Crippen molar-refractivity contribution in [3.63, 3.8) is 0 Å². The summed E-state index contributed by atoms with van der Waals surface area (Å²) in [5, 5.41) is 2.89. The summed E-state index contributed by atoms with van der Waals surface area (Å²) in [4.78, 5) is 11.3. The highest BCUT2D eigenvalue weighted by Crippen LogP contribution is 2.23. The van der Waals surface area contributed by atoms with Gasteiger partial charge in [-0.15, -0.1) is 0 Å². The van der Waals surface area contributed by atoms with Crippen LogP contribution in [0.15, 0.2) is 23.1 Å². The molecule has 0 amide bonds. The molecule has 4 N–H and O–H groups in total. The molecular weight excluding hydrogens is 282 g/mol. The van der Waals surface area contributed by atoms with E-state index in [1.54, 1.807) is 19.1 Å². The number of hydrogen-bond donors (Lipinski definition) is 3. The van der Waals surface area contributed by atoms with Gasteiger partial charge in [-0.2, -0.15) is 0 Å². The Balaban J connectivity index is 2.83. The first-order chi connectivity index (χ1) is 9.40. The monoisotopic (exact) mass is 301 g/mol. The summed E-state index contributed by atoms with van der Waals surface area (Å²) >= 11 is 0. The van der Waals surface area contributed by atoms with Crippen molar-refractivity contribution < 1.29 is 17.9 Å². The number of carbonyl (C=O) groups excluding carboxylic acids is 1. The second kappa shape index (κ2) is 7.11. The standard InChI is InChI=1S/C12H19N3O4S/c1-3-19-12(16)6-7-15-10-5-4-9(13)8-11(10)20(17,18)14-2/h4-5,8,14-15H,3,6-7,13H2,1-2H3. The number of nitrogens with two attached hydrogens (primary N) is 1. The SMILES string of the molecule is CCOC(=O)CCNc1ccc(N)cc1S(=O)(=O)NC. The maximum Gasteiger partial charge on any atom is 0.307 e. The van der Waals surface area contributed by atoms with Crippen LogP contribution in [0.1, 0.15) is 13.3 Å². The van der Waals surface area contributed by atoms with Gasteiger partial charge in [0, 0.05) is 12.2 Å². The number of ether oxygens (including phenoxy) is 1. The summed E-state index contributed by atoms with van der Waals surface area (Å²) in [6, 6.07) is 4.50. The predicted molar refractivity (Wildman–Crippen MR) is 76.8 cm³/mol. The largest absolute Gasteiger partial charge is 0.466 e. The van der Waals surface area contributed by atoms with Crippen LogP contribution in [-0.2, 0) is 19.6 Å². The van der Waals surface area contributed by atoms with Crippen molar-refractivity contribution in [3.8, 4) is 0 Å². The van der Waals surface area contributed by atoms with Gasteiger partial charge in [0.1, 0.15) is 4.90 Å². The molecule has 0 unspecified atom stereocenters. The number of carbonyl (C=O) groups is 1. The third-order valence-electron chi connectivity index (χ3n) is 2.51. The Labute approximate surface area is 118 Å². The Morgan fingerprint density at radius 2 is 2.10 bits per heavy atom. The first-order valence-electron chi connectivity index (χ1n) is 6.13. The number of benzene rings is 1. The van der Waals surface area contributed by atoms with E-state index in [2.05, 4.69) is 10.0 Å². The van der Waals surface area contributed by atoms with Crippen LogP contribution in [0.4, 0.5) is 11.4 Å². The van der Waals surface area contributed by atoms with Crippen molar-refractivity contribution in [3.05, 3.63) is 18.2 Å². The quantitative estimate of drug-likeness (QED) is 0.501. The van der Waals surface area contributed by atoms with Gasteiger partial charge < -0.3 is 15.8 Å². The number of rotatable bonds is 7. The molecule has 8 heteroatoms. The topological polar surface area (TPSA) is 111 Å². The van der Waals surface area contributed by atoms with Gasteiger partial charge in [0.25, 0.3) is 0 Å². The molecule has 1 rings (SSSR count). The number of sulfonamides is 1. The van der Waals surface area contributed by atoms with Gasteiger partial charge in [0.15, 0.2) is 0 Å². The molecule has 0 heterocycles. The van der Waals surface area contributed by atoms with E-state index in [4.69, 9.17) is 10.5 Å². The van der Waals surface area contributed by atoms with Gasteiger partial charge in [0.05, 0.1) is 18.7 Å². The van der Waals surface area contributed by atoms with Gasteiger partial charge in [-0.3, -0.25) is 4.79 Å². The van der Waals surface area contributed by atoms with Crippen molar-refractivity contribution in [2.24, 2.45) is 0 Å². The first kappa shape index (κ1) is 16.3. The van der Waals surface area contributed by atoms with Gasteiger partial charge >= 0.3 is 5.97 Å². The molecule has 0 aromatic heterocycles. The lowest BCUT2D eigenvalue weighted by Gasteiger charge is -2.12. The van der Waals surface area contributed by atoms with E-state index in [9.17, 15) is 13.2 Å². The zero-order valence-electron chi connectivity index (χ0n) is 11.5. The van der Waals surface area contributed by atoms with Crippen LogP contribution in [0.3, 0.4) is 0 Å². The highest BCUT2D eigenvalue weighted by atomic mass is 32.2. The van der Waals surface area contributed by atoms with Crippen LogP contribution in [0.5, 0.6) is 0 Å². The van der Waals surface area contributed by atoms with Crippen LogP contribution in [0.2, 0.25) is 0 Å². The van der Waals surface area contributed by atoms with Gasteiger partial charge in [-0.1, -0.05) is 0 Å². The molecule has 0 radical (unpaired) electrons. The maximum absolute atomic E-state index is 11.9. The van der Waals surface area contributed by atoms with E-state index in [0.717, 1.165) is 0 Å². The highest BCUT2D eigenvalue weighted by Gasteiger charge is 2.17. The molecule has 0 saturated heterocycles. The number of nitrogens with one attached hydrogen (secondary N) is 2. The zero-order chi connectivity index (χ0) is 15.2. The van der Waals surface area contributed by atoms with Crippen LogP contribution < -0.4 is 15.8 Å². The van der Waals surface area contributed by atoms with E-state index in [0.29, 0.717) is 18.0 Å². The van der Waals surface area contributed by atoms with Crippen molar-refractivity contribution in [2.75, 3.05) is 31.2 Å². The lowest BCUT2D eigenvalue weighted by atomic mass is 10.3. The minimum absolute atomic E-state index is 0.0452. The Kier molecular flexibility index (Phi) is 5.78. The zero-order valence-corrected chi connectivity index (χ0v) is 12.3. The number of hydrogen-bond acceptors (Lipinski definition) is 6. The molecule has 7 nitrogen and oxygen atoms in total. The second-order valence-electron chi connectivity index (χ2n) is 3.94. The lowest BCUT2D eigenvalue weighted by molar-refractivity contribution is -0.142. The fourth-order valence-electron chi connectivity index (χ4n) is 1.55. The molecule has 0 bridgehead atoms. The van der Waals surface area contributed by atoms with Crippen molar-refractivity contribution in [1.29, 1.82) is 0 Å². The molecule has 0 fully saturated rings. The summed E-state index contributed by atoms with van der Waals surface area (Å²) in [5.74, 6) is -0.339. The predicted octanol–water partition coefficient (Wildman–Crippen LogP) is 0.542. The summed E-state index contributed by atoms with van der Waals surface area (Å²) in [5.41, 5.74) is 6.33. The van der Waals surface area contributed by atoms with E-state index in [1.807, 2.05) is 0 Å². The summed E-state index contributed by atoms with van der Waals surface area (Å²) in [6.45, 7) is 2.32. The number of anilines is 2. The molecular formula is C12H19N3O4S. The smallest absolute Gasteiger partial charge is 0.307 e. The number of nitrogen functional groups attached to an aromatic ring is 1. The van der Waals surface area contributed by atoms with Gasteiger partial charge in [-0.05, 0) is 32.2 Å². The Bertz CT molecular complexity index is 572. The van der Waals surface area contributed by atoms with E-state index in [-0.39, 0.29) is 23.8 Å². The summed E-state index contributed by atoms with van der Waals surface area (Å²) in [7, 11) is -2.30. The highest BCUT2D eigenvalue weighted by molar-refractivity contribution is 7.89. The van der Waals surface area contributed by atoms with Crippen LogP contribution >= 0.6 is 0 Å². The van der Waals surface area contributed by atoms with Crippen molar-refractivity contribution in [1.82, 2.24) is 4.72 Å². The Hall–Kier alpha value is -1.80. The average molecular weight is 301 g/mol. The van der Waals surface area contributed by atoms with Crippen molar-refractivity contribution in [2.45, 2.75) is 18.2 Å². The molecule has 112 valence electrons. The molecule has 0 atom stereocenters. The minimum atomic E-state index is -3.62. The lowest BCUT2D eigenvalue weighted by Crippen LogP contribution is -2.21. The fourth-order valence-corrected chi connectivity index (χ4v) is 2.49. The van der Waals surface area contributed by atoms with Crippen LogP contribution in [0.25, 0.3) is 0 Å². The minimum Gasteiger partial charge on any atom is -0.466 e. The molecule has 1 aromatic carbocycles. The molecule has 1 aromatic rings. The molecule has 0 aliphatic heterocycles. The molecule has 0 aliphatic carbocycles. The van der Waals surface area contributed by atoms with Crippen LogP contribution in [0, 0.1) is 0 Å². The molecule has 0 spiro atoms. The maximum atomic E-state index is 11.9. The normalized spacial score (nSPS) is 11.1. The average Bonchev–Trinajstić information content (AvgIpc) is 2.40. The third-order valence-corrected chi connectivity index (χ3v) is 3.97. The summed E-state index contributed by atoms with van der Waals surface area (Å²) in [6.07, 6.45) is 0.150. The Morgan fingerprint density at radius 3 is 2.70 bits per heavy atom. The van der Waals surface area contributed by atoms with Gasteiger partial charge in [0.2, 0.25) is 10.0 Å². The van der Waals surface area contributed by atoms with Crippen LogP contribution in [-0.4, -0.2) is 34.6 Å². The molecule has 20 heavy (non-hydrogen) atoms. The van der Waals surface area contributed by atoms with E-state index in [1.165, 1.54) is 13.1 Å². The first-order valence-corrected chi connectivity index (χ1v) is 7.61. The molecule has 0 saturated carbocycles. The molecule has 0 aliphatic rings. The van der Waals surface area contributed by atoms with E-state index >= 15 is 0 Å². The van der Waals surface area contributed by atoms with Gasteiger partial charge in [-0.25, -0.2) is 13.1 Å².